The lowest BCUT2D eigenvalue weighted by atomic mass is 10.1. The minimum atomic E-state index is -0.312. The van der Waals surface area contributed by atoms with E-state index in [1.807, 2.05) is 31.7 Å². The summed E-state index contributed by atoms with van der Waals surface area (Å²) in [5.74, 6) is 0. The van der Waals surface area contributed by atoms with Crippen molar-refractivity contribution >= 4 is 22.3 Å². The maximum atomic E-state index is 11.4. The van der Waals surface area contributed by atoms with E-state index in [9.17, 15) is 10.1 Å². The first-order valence-electron chi connectivity index (χ1n) is 6.38. The highest BCUT2D eigenvalue weighted by atomic mass is 16.6. The maximum absolute atomic E-state index is 11.4. The Morgan fingerprint density at radius 3 is 2.47 bits per heavy atom. The molecule has 1 aromatic carbocycles. The number of pyridine rings is 1. The third-order valence-electron chi connectivity index (χ3n) is 3.25. The molecule has 0 N–H and O–H groups in total. The van der Waals surface area contributed by atoms with E-state index in [2.05, 4.69) is 4.98 Å². The van der Waals surface area contributed by atoms with Gasteiger partial charge in [-0.1, -0.05) is 0 Å². The summed E-state index contributed by atoms with van der Waals surface area (Å²) in [4.78, 5) is 17.4. The van der Waals surface area contributed by atoms with Crippen LogP contribution in [0, 0.1) is 17.0 Å². The topological polar surface area (TPSA) is 59.3 Å². The smallest absolute Gasteiger partial charge is 0.301 e. The molecule has 0 unspecified atom stereocenters. The van der Waals surface area contributed by atoms with Crippen molar-refractivity contribution in [1.29, 1.82) is 0 Å². The highest BCUT2D eigenvalue weighted by Gasteiger charge is 2.21. The van der Waals surface area contributed by atoms with E-state index in [0.717, 1.165) is 18.8 Å². The molecule has 0 atom stereocenters. The average Bonchev–Trinajstić information content (AvgIpc) is 2.39. The van der Waals surface area contributed by atoms with Gasteiger partial charge in [0.1, 0.15) is 5.69 Å². The number of rotatable bonds is 4. The van der Waals surface area contributed by atoms with Gasteiger partial charge in [0, 0.05) is 18.8 Å². The van der Waals surface area contributed by atoms with Crippen LogP contribution in [-0.2, 0) is 0 Å². The second kappa shape index (κ2) is 5.22. The van der Waals surface area contributed by atoms with Gasteiger partial charge in [-0.25, -0.2) is 0 Å². The van der Waals surface area contributed by atoms with Crippen LogP contribution in [0.25, 0.3) is 10.9 Å². The first-order chi connectivity index (χ1) is 9.08. The number of hydrogen-bond donors (Lipinski definition) is 0. The van der Waals surface area contributed by atoms with Crippen molar-refractivity contribution in [3.8, 4) is 0 Å². The highest BCUT2D eigenvalue weighted by Crippen LogP contribution is 2.35. The minimum absolute atomic E-state index is 0.147. The van der Waals surface area contributed by atoms with Crippen LogP contribution in [0.1, 0.15) is 19.5 Å². The van der Waals surface area contributed by atoms with Gasteiger partial charge in [-0.05, 0) is 45.0 Å². The Labute approximate surface area is 112 Å². The second-order valence-corrected chi connectivity index (χ2v) is 4.38. The van der Waals surface area contributed by atoms with Crippen LogP contribution in [0.4, 0.5) is 11.4 Å². The monoisotopic (exact) mass is 259 g/mol. The fraction of sp³-hybridized carbons (Fsp3) is 0.357. The molecular formula is C14H17N3O2. The Morgan fingerprint density at radius 1 is 1.21 bits per heavy atom. The summed E-state index contributed by atoms with van der Waals surface area (Å²) in [7, 11) is 0. The standard InChI is InChI=1S/C14H17N3O2/c1-4-16(5-2)13-9-8-12-11(14(13)17(18)19)7-6-10(3)15-12/h6-9H,4-5H2,1-3H3. The summed E-state index contributed by atoms with van der Waals surface area (Å²) >= 11 is 0. The second-order valence-electron chi connectivity index (χ2n) is 4.38. The average molecular weight is 259 g/mol. The van der Waals surface area contributed by atoms with Gasteiger partial charge in [0.25, 0.3) is 0 Å². The summed E-state index contributed by atoms with van der Waals surface area (Å²) in [6.07, 6.45) is 0. The van der Waals surface area contributed by atoms with Crippen molar-refractivity contribution in [2.75, 3.05) is 18.0 Å². The fourth-order valence-electron chi connectivity index (χ4n) is 2.29. The molecule has 0 bridgehead atoms. The van der Waals surface area contributed by atoms with Gasteiger partial charge >= 0.3 is 5.69 Å². The number of benzene rings is 1. The molecule has 0 saturated heterocycles. The van der Waals surface area contributed by atoms with E-state index < -0.39 is 0 Å². The molecule has 0 saturated carbocycles. The number of aryl methyl sites for hydroxylation is 1. The van der Waals surface area contributed by atoms with Crippen molar-refractivity contribution in [2.24, 2.45) is 0 Å². The van der Waals surface area contributed by atoms with Crippen LogP contribution in [0.15, 0.2) is 24.3 Å². The van der Waals surface area contributed by atoms with Gasteiger partial charge in [0.15, 0.2) is 0 Å². The molecule has 2 aromatic rings. The number of fused-ring (bicyclic) bond motifs is 1. The maximum Gasteiger partial charge on any atom is 0.301 e. The van der Waals surface area contributed by atoms with E-state index in [-0.39, 0.29) is 10.6 Å². The number of hydrogen-bond acceptors (Lipinski definition) is 4. The summed E-state index contributed by atoms with van der Waals surface area (Å²) in [6.45, 7) is 7.34. The quantitative estimate of drug-likeness (QED) is 0.624. The molecule has 0 amide bonds. The Hall–Kier alpha value is -2.17. The van der Waals surface area contributed by atoms with Crippen LogP contribution in [0.3, 0.4) is 0 Å². The fourth-order valence-corrected chi connectivity index (χ4v) is 2.29. The first-order valence-corrected chi connectivity index (χ1v) is 6.38. The summed E-state index contributed by atoms with van der Waals surface area (Å²) in [5, 5.41) is 12.0. The number of aromatic nitrogens is 1. The van der Waals surface area contributed by atoms with Gasteiger partial charge in [0.2, 0.25) is 0 Å². The van der Waals surface area contributed by atoms with Crippen LogP contribution in [-0.4, -0.2) is 23.0 Å². The Bertz CT molecular complexity index is 621. The summed E-state index contributed by atoms with van der Waals surface area (Å²) < 4.78 is 0. The number of nitro benzene ring substituents is 1. The molecule has 1 heterocycles. The lowest BCUT2D eigenvalue weighted by Crippen LogP contribution is -2.22. The Morgan fingerprint density at radius 2 is 1.89 bits per heavy atom. The zero-order valence-corrected chi connectivity index (χ0v) is 11.4. The third-order valence-corrected chi connectivity index (χ3v) is 3.25. The Kier molecular flexibility index (Phi) is 3.64. The van der Waals surface area contributed by atoms with Crippen LogP contribution >= 0.6 is 0 Å². The van der Waals surface area contributed by atoms with Crippen molar-refractivity contribution in [2.45, 2.75) is 20.8 Å². The van der Waals surface area contributed by atoms with Crippen molar-refractivity contribution < 1.29 is 4.92 Å². The number of nitro groups is 1. The molecule has 19 heavy (non-hydrogen) atoms. The molecule has 1 aromatic heterocycles. The van der Waals surface area contributed by atoms with Crippen molar-refractivity contribution in [1.82, 2.24) is 4.98 Å². The normalized spacial score (nSPS) is 10.7. The van der Waals surface area contributed by atoms with Gasteiger partial charge < -0.3 is 4.90 Å². The molecule has 0 aliphatic rings. The molecule has 5 heteroatoms. The van der Waals surface area contributed by atoms with Crippen LogP contribution < -0.4 is 4.90 Å². The predicted octanol–water partition coefficient (Wildman–Crippen LogP) is 3.30. The zero-order chi connectivity index (χ0) is 14.0. The Balaban J connectivity index is 2.75. The van der Waals surface area contributed by atoms with Gasteiger partial charge in [-0.15, -0.1) is 0 Å². The van der Waals surface area contributed by atoms with Crippen molar-refractivity contribution in [3.63, 3.8) is 0 Å². The molecule has 0 spiro atoms. The van der Waals surface area contributed by atoms with Gasteiger partial charge in [0.05, 0.1) is 15.8 Å². The summed E-state index contributed by atoms with van der Waals surface area (Å²) in [6, 6.07) is 7.23. The van der Waals surface area contributed by atoms with E-state index >= 15 is 0 Å². The molecule has 0 aliphatic carbocycles. The molecule has 2 rings (SSSR count). The molecule has 0 aliphatic heterocycles. The predicted molar refractivity (Wildman–Crippen MR) is 76.7 cm³/mol. The molecule has 0 fully saturated rings. The highest BCUT2D eigenvalue weighted by molar-refractivity contribution is 5.94. The van der Waals surface area contributed by atoms with Crippen LogP contribution in [0.5, 0.6) is 0 Å². The first kappa shape index (κ1) is 13.3. The van der Waals surface area contributed by atoms with Crippen LogP contribution in [0.2, 0.25) is 0 Å². The SMILES string of the molecule is CCN(CC)c1ccc2nc(C)ccc2c1[N+](=O)[O-]. The van der Waals surface area contributed by atoms with Gasteiger partial charge in [-0.2, -0.15) is 0 Å². The lowest BCUT2D eigenvalue weighted by Gasteiger charge is -2.21. The molecule has 5 nitrogen and oxygen atoms in total. The molecule has 100 valence electrons. The van der Waals surface area contributed by atoms with E-state index in [4.69, 9.17) is 0 Å². The van der Waals surface area contributed by atoms with E-state index in [1.165, 1.54) is 0 Å². The van der Waals surface area contributed by atoms with E-state index in [0.29, 0.717) is 16.6 Å². The third kappa shape index (κ3) is 2.36. The lowest BCUT2D eigenvalue weighted by molar-refractivity contribution is -0.382. The van der Waals surface area contributed by atoms with E-state index in [1.54, 1.807) is 18.2 Å². The number of nitrogens with zero attached hydrogens (tertiary/aromatic N) is 3. The van der Waals surface area contributed by atoms with Gasteiger partial charge in [-0.3, -0.25) is 15.1 Å². The zero-order valence-electron chi connectivity index (χ0n) is 11.4. The molecule has 0 radical (unpaired) electrons. The molecular weight excluding hydrogens is 242 g/mol. The largest absolute Gasteiger partial charge is 0.367 e. The van der Waals surface area contributed by atoms with Crippen molar-refractivity contribution in [3.05, 3.63) is 40.1 Å². The number of anilines is 1. The summed E-state index contributed by atoms with van der Waals surface area (Å²) in [5.41, 5.74) is 2.34. The minimum Gasteiger partial charge on any atom is -0.367 e.